The third-order valence-electron chi connectivity index (χ3n) is 2.92. The first-order valence-corrected chi connectivity index (χ1v) is 6.66. The molecular weight excluding hydrogens is 300 g/mol. The molecule has 18 heavy (non-hydrogen) atoms. The Balaban J connectivity index is 2.02. The Bertz CT molecular complexity index is 447. The van der Waals surface area contributed by atoms with Gasteiger partial charge in [-0.1, -0.05) is 15.9 Å². The predicted molar refractivity (Wildman–Crippen MR) is 70.2 cm³/mol. The van der Waals surface area contributed by atoms with Crippen molar-refractivity contribution in [2.75, 3.05) is 6.61 Å². The number of halogens is 1. The van der Waals surface area contributed by atoms with E-state index in [0.29, 0.717) is 12.4 Å². The first kappa shape index (κ1) is 13.4. The van der Waals surface area contributed by atoms with Gasteiger partial charge in [0.05, 0.1) is 12.2 Å². The Hall–Kier alpha value is -1.07. The molecule has 0 spiro atoms. The van der Waals surface area contributed by atoms with Gasteiger partial charge in [0.1, 0.15) is 17.9 Å². The summed E-state index contributed by atoms with van der Waals surface area (Å²) < 4.78 is 11.9. The number of benzene rings is 1. The van der Waals surface area contributed by atoms with Crippen molar-refractivity contribution in [2.45, 2.75) is 32.0 Å². The van der Waals surface area contributed by atoms with Crippen molar-refractivity contribution in [3.05, 3.63) is 28.2 Å². The minimum Gasteiger partial charge on any atom is -0.490 e. The van der Waals surface area contributed by atoms with Gasteiger partial charge in [0.25, 0.3) is 0 Å². The van der Waals surface area contributed by atoms with Crippen molar-refractivity contribution in [2.24, 2.45) is 0 Å². The van der Waals surface area contributed by atoms with Crippen LogP contribution in [0.15, 0.2) is 22.7 Å². The molecule has 5 heteroatoms. The molecule has 0 saturated carbocycles. The summed E-state index contributed by atoms with van der Waals surface area (Å²) in [5.41, 5.74) is 0.162. The van der Waals surface area contributed by atoms with Crippen LogP contribution in [0.1, 0.15) is 30.1 Å². The summed E-state index contributed by atoms with van der Waals surface area (Å²) >= 11 is 3.25. The number of ether oxygens (including phenoxy) is 2. The number of rotatable bonds is 4. The summed E-state index contributed by atoms with van der Waals surface area (Å²) in [5.74, 6) is -0.610. The van der Waals surface area contributed by atoms with Crippen LogP contribution < -0.4 is 4.74 Å². The quantitative estimate of drug-likeness (QED) is 0.927. The Kier molecular flexibility index (Phi) is 4.24. The lowest BCUT2D eigenvalue weighted by Gasteiger charge is -2.14. The van der Waals surface area contributed by atoms with Crippen molar-refractivity contribution in [3.8, 4) is 5.75 Å². The first-order valence-electron chi connectivity index (χ1n) is 5.87. The lowest BCUT2D eigenvalue weighted by atomic mass is 10.2. The molecule has 1 aromatic carbocycles. The summed E-state index contributed by atoms with van der Waals surface area (Å²) in [6, 6.07) is 4.96. The molecule has 1 aliphatic rings. The normalized spacial score (nSPS) is 23.0. The van der Waals surface area contributed by atoms with Crippen LogP contribution in [0.3, 0.4) is 0 Å². The second-order valence-electron chi connectivity index (χ2n) is 4.40. The lowest BCUT2D eigenvalue weighted by Crippen LogP contribution is -2.18. The molecular formula is C13H15BrO4. The molecule has 1 saturated heterocycles. The molecule has 1 aliphatic heterocycles. The highest BCUT2D eigenvalue weighted by Crippen LogP contribution is 2.25. The molecule has 2 atom stereocenters. The van der Waals surface area contributed by atoms with E-state index >= 15 is 0 Å². The van der Waals surface area contributed by atoms with Crippen molar-refractivity contribution in [1.29, 1.82) is 0 Å². The Morgan fingerprint density at radius 2 is 2.33 bits per heavy atom. The topological polar surface area (TPSA) is 55.8 Å². The van der Waals surface area contributed by atoms with Gasteiger partial charge >= 0.3 is 5.97 Å². The van der Waals surface area contributed by atoms with Gasteiger partial charge in [-0.3, -0.25) is 0 Å². The molecule has 2 rings (SSSR count). The molecule has 1 N–H and O–H groups in total. The number of hydrogen-bond donors (Lipinski definition) is 1. The predicted octanol–water partition coefficient (Wildman–Crippen LogP) is 3.09. The van der Waals surface area contributed by atoms with E-state index in [0.717, 1.165) is 17.3 Å². The smallest absolute Gasteiger partial charge is 0.339 e. The average molecular weight is 315 g/mol. The second-order valence-corrected chi connectivity index (χ2v) is 5.32. The van der Waals surface area contributed by atoms with Gasteiger partial charge in [0.15, 0.2) is 0 Å². The second kappa shape index (κ2) is 5.71. The van der Waals surface area contributed by atoms with E-state index in [-0.39, 0.29) is 17.8 Å². The van der Waals surface area contributed by atoms with Crippen molar-refractivity contribution in [1.82, 2.24) is 0 Å². The summed E-state index contributed by atoms with van der Waals surface area (Å²) in [4.78, 5) is 11.1. The molecule has 0 aromatic heterocycles. The fourth-order valence-electron chi connectivity index (χ4n) is 1.99. The van der Waals surface area contributed by atoms with Crippen LogP contribution in [0.2, 0.25) is 0 Å². The molecule has 2 unspecified atom stereocenters. The maximum absolute atomic E-state index is 11.1. The molecule has 1 fully saturated rings. The summed E-state index contributed by atoms with van der Waals surface area (Å²) in [5, 5.41) is 9.09. The van der Waals surface area contributed by atoms with Gasteiger partial charge in [0.2, 0.25) is 0 Å². The lowest BCUT2D eigenvalue weighted by molar-refractivity contribution is 0.0259. The first-order chi connectivity index (χ1) is 8.56. The van der Waals surface area contributed by atoms with Crippen LogP contribution in [-0.4, -0.2) is 29.9 Å². The van der Waals surface area contributed by atoms with Gasteiger partial charge in [0, 0.05) is 4.47 Å². The maximum Gasteiger partial charge on any atom is 0.339 e. The molecule has 98 valence electrons. The SMILES string of the molecule is CC1CCC(COc2ccc(Br)cc2C(=O)O)O1. The van der Waals surface area contributed by atoms with E-state index in [1.807, 2.05) is 6.92 Å². The highest BCUT2D eigenvalue weighted by molar-refractivity contribution is 9.10. The highest BCUT2D eigenvalue weighted by Gasteiger charge is 2.23. The molecule has 4 nitrogen and oxygen atoms in total. The number of carboxylic acid groups (broad SMARTS) is 1. The minimum absolute atomic E-state index is 0.0605. The summed E-state index contributed by atoms with van der Waals surface area (Å²) in [6.45, 7) is 2.43. The van der Waals surface area contributed by atoms with Gasteiger partial charge in [-0.15, -0.1) is 0 Å². The monoisotopic (exact) mass is 314 g/mol. The van der Waals surface area contributed by atoms with Gasteiger partial charge in [-0.25, -0.2) is 4.79 Å². The number of hydrogen-bond acceptors (Lipinski definition) is 3. The average Bonchev–Trinajstić information content (AvgIpc) is 2.73. The standard InChI is InChI=1S/C13H15BrO4/c1-8-2-4-10(18-8)7-17-12-5-3-9(14)6-11(12)13(15)16/h3,5-6,8,10H,2,4,7H2,1H3,(H,15,16). The van der Waals surface area contributed by atoms with Crippen LogP contribution in [0.25, 0.3) is 0 Å². The van der Waals surface area contributed by atoms with E-state index in [9.17, 15) is 4.79 Å². The van der Waals surface area contributed by atoms with Crippen molar-refractivity contribution < 1.29 is 19.4 Å². The third kappa shape index (κ3) is 3.23. The van der Waals surface area contributed by atoms with Crippen LogP contribution in [0.4, 0.5) is 0 Å². The highest BCUT2D eigenvalue weighted by atomic mass is 79.9. The van der Waals surface area contributed by atoms with Gasteiger partial charge in [-0.05, 0) is 38.0 Å². The number of carbonyl (C=O) groups is 1. The van der Waals surface area contributed by atoms with Crippen LogP contribution >= 0.6 is 15.9 Å². The largest absolute Gasteiger partial charge is 0.490 e. The van der Waals surface area contributed by atoms with Gasteiger partial charge in [-0.2, -0.15) is 0 Å². The zero-order valence-corrected chi connectivity index (χ0v) is 11.6. The number of carboxylic acids is 1. The van der Waals surface area contributed by atoms with Crippen LogP contribution in [0.5, 0.6) is 5.75 Å². The zero-order valence-electron chi connectivity index (χ0n) is 10.1. The number of aromatic carboxylic acids is 1. The third-order valence-corrected chi connectivity index (χ3v) is 3.41. The van der Waals surface area contributed by atoms with Crippen molar-refractivity contribution >= 4 is 21.9 Å². The molecule has 1 aromatic rings. The minimum atomic E-state index is -0.994. The maximum atomic E-state index is 11.1. The van der Waals surface area contributed by atoms with Crippen LogP contribution in [-0.2, 0) is 4.74 Å². The molecule has 0 radical (unpaired) electrons. The molecule has 0 aliphatic carbocycles. The Morgan fingerprint density at radius 3 is 2.94 bits per heavy atom. The fraction of sp³-hybridized carbons (Fsp3) is 0.462. The zero-order chi connectivity index (χ0) is 13.1. The Morgan fingerprint density at radius 1 is 1.56 bits per heavy atom. The van der Waals surface area contributed by atoms with Crippen LogP contribution in [0, 0.1) is 0 Å². The van der Waals surface area contributed by atoms with Gasteiger partial charge < -0.3 is 14.6 Å². The molecule has 1 heterocycles. The van der Waals surface area contributed by atoms with E-state index in [1.165, 1.54) is 6.07 Å². The summed E-state index contributed by atoms with van der Waals surface area (Å²) in [7, 11) is 0. The molecule has 0 bridgehead atoms. The van der Waals surface area contributed by atoms with E-state index in [4.69, 9.17) is 14.6 Å². The Labute approximate surface area is 114 Å². The fourth-order valence-corrected chi connectivity index (χ4v) is 2.35. The van der Waals surface area contributed by atoms with E-state index in [1.54, 1.807) is 12.1 Å². The van der Waals surface area contributed by atoms with E-state index in [2.05, 4.69) is 15.9 Å². The van der Waals surface area contributed by atoms with E-state index < -0.39 is 5.97 Å². The molecule has 0 amide bonds. The van der Waals surface area contributed by atoms with Crippen molar-refractivity contribution in [3.63, 3.8) is 0 Å². The summed E-state index contributed by atoms with van der Waals surface area (Å²) in [6.07, 6.45) is 2.31.